The Kier molecular flexibility index (Phi) is 2.98. The molecule has 0 spiro atoms. The van der Waals surface area contributed by atoms with Crippen molar-refractivity contribution in [3.8, 4) is 6.07 Å². The van der Waals surface area contributed by atoms with Crippen LogP contribution in [0.25, 0.3) is 5.57 Å². The molecule has 1 aromatic rings. The molecule has 0 aromatic heterocycles. The highest BCUT2D eigenvalue weighted by Crippen LogP contribution is 2.33. The van der Waals surface area contributed by atoms with Gasteiger partial charge in [-0.15, -0.1) is 0 Å². The maximum atomic E-state index is 11.6. The fourth-order valence-electron chi connectivity index (χ4n) is 1.64. The predicted molar refractivity (Wildman–Crippen MR) is 64.7 cm³/mol. The molecule has 0 aliphatic carbocycles. The molecule has 0 bridgehead atoms. The van der Waals surface area contributed by atoms with Crippen molar-refractivity contribution in [2.45, 2.75) is 0 Å². The molecule has 0 atom stereocenters. The van der Waals surface area contributed by atoms with Crippen molar-refractivity contribution >= 4 is 28.9 Å². The normalized spacial score (nSPS) is 14.7. The lowest BCUT2D eigenvalue weighted by molar-refractivity contribution is -0.110. The van der Waals surface area contributed by atoms with Gasteiger partial charge in [-0.2, -0.15) is 5.26 Å². The minimum atomic E-state index is -0.599. The standard InChI is InChI=1S/C12H9N3O3/c1-18-12(17)14-7-2-3-10-9(6-7)8(4-5-13)11(16)15-10/h2-4,6H,1H3,(H,14,17)(H,15,16)/b8-4-. The van der Waals surface area contributed by atoms with Crippen molar-refractivity contribution in [2.75, 3.05) is 17.7 Å². The second-order valence-corrected chi connectivity index (χ2v) is 3.52. The second kappa shape index (κ2) is 4.59. The van der Waals surface area contributed by atoms with E-state index in [1.807, 2.05) is 6.07 Å². The molecule has 1 aliphatic rings. The average Bonchev–Trinajstić information content (AvgIpc) is 2.66. The van der Waals surface area contributed by atoms with Crippen molar-refractivity contribution in [3.05, 3.63) is 29.8 Å². The van der Waals surface area contributed by atoms with Crippen LogP contribution in [0.2, 0.25) is 0 Å². The Labute approximate surface area is 103 Å². The van der Waals surface area contributed by atoms with E-state index in [0.717, 1.165) is 0 Å². The van der Waals surface area contributed by atoms with Crippen LogP contribution in [0.4, 0.5) is 16.2 Å². The summed E-state index contributed by atoms with van der Waals surface area (Å²) in [6.45, 7) is 0. The Balaban J connectivity index is 2.38. The highest BCUT2D eigenvalue weighted by atomic mass is 16.5. The number of anilines is 2. The summed E-state index contributed by atoms with van der Waals surface area (Å²) in [5.41, 5.74) is 1.95. The SMILES string of the molecule is COC(=O)Nc1ccc2c(c1)/C(=C/C#N)C(=O)N2. The van der Waals surface area contributed by atoms with Gasteiger partial charge in [0.25, 0.3) is 5.91 Å². The minimum Gasteiger partial charge on any atom is -0.453 e. The van der Waals surface area contributed by atoms with Gasteiger partial charge in [-0.3, -0.25) is 10.1 Å². The quantitative estimate of drug-likeness (QED) is 0.580. The van der Waals surface area contributed by atoms with Crippen molar-refractivity contribution in [1.29, 1.82) is 5.26 Å². The first-order valence-electron chi connectivity index (χ1n) is 5.06. The van der Waals surface area contributed by atoms with E-state index in [9.17, 15) is 9.59 Å². The summed E-state index contributed by atoms with van der Waals surface area (Å²) in [4.78, 5) is 22.6. The molecule has 6 heteroatoms. The third-order valence-electron chi connectivity index (χ3n) is 2.44. The first kappa shape index (κ1) is 11.7. The van der Waals surface area contributed by atoms with Gasteiger partial charge in [0, 0.05) is 23.0 Å². The van der Waals surface area contributed by atoms with Gasteiger partial charge in [0.05, 0.1) is 18.8 Å². The number of nitrogens with one attached hydrogen (secondary N) is 2. The first-order valence-corrected chi connectivity index (χ1v) is 5.06. The van der Waals surface area contributed by atoms with Gasteiger partial charge in [-0.25, -0.2) is 4.79 Å². The molecule has 0 unspecified atom stereocenters. The van der Waals surface area contributed by atoms with E-state index < -0.39 is 6.09 Å². The summed E-state index contributed by atoms with van der Waals surface area (Å²) in [5, 5.41) is 13.7. The number of amides is 2. The molecule has 1 aromatic carbocycles. The van der Waals surface area contributed by atoms with Crippen LogP contribution in [-0.4, -0.2) is 19.1 Å². The fraction of sp³-hybridized carbons (Fsp3) is 0.0833. The van der Waals surface area contributed by atoms with E-state index in [1.54, 1.807) is 18.2 Å². The Morgan fingerprint density at radius 3 is 3.00 bits per heavy atom. The first-order chi connectivity index (χ1) is 8.65. The van der Waals surface area contributed by atoms with Gasteiger partial charge in [0.2, 0.25) is 0 Å². The largest absolute Gasteiger partial charge is 0.453 e. The molecule has 0 radical (unpaired) electrons. The maximum absolute atomic E-state index is 11.6. The van der Waals surface area contributed by atoms with Crippen molar-refractivity contribution in [3.63, 3.8) is 0 Å². The summed E-state index contributed by atoms with van der Waals surface area (Å²) in [7, 11) is 1.26. The van der Waals surface area contributed by atoms with Gasteiger partial charge in [0.1, 0.15) is 0 Å². The van der Waals surface area contributed by atoms with Crippen LogP contribution in [0.1, 0.15) is 5.56 Å². The van der Waals surface area contributed by atoms with E-state index in [0.29, 0.717) is 16.9 Å². The number of hydrogen-bond acceptors (Lipinski definition) is 4. The average molecular weight is 243 g/mol. The summed E-state index contributed by atoms with van der Waals surface area (Å²) >= 11 is 0. The third-order valence-corrected chi connectivity index (χ3v) is 2.44. The van der Waals surface area contributed by atoms with Crippen LogP contribution in [0.15, 0.2) is 24.3 Å². The molecule has 2 rings (SSSR count). The number of fused-ring (bicyclic) bond motifs is 1. The number of ether oxygens (including phenoxy) is 1. The number of hydrogen-bond donors (Lipinski definition) is 2. The molecule has 0 fully saturated rings. The maximum Gasteiger partial charge on any atom is 0.411 e. The topological polar surface area (TPSA) is 91.2 Å². The Morgan fingerprint density at radius 2 is 2.33 bits per heavy atom. The predicted octanol–water partition coefficient (Wildman–Crippen LogP) is 1.72. The van der Waals surface area contributed by atoms with Crippen LogP contribution >= 0.6 is 0 Å². The van der Waals surface area contributed by atoms with Gasteiger partial charge >= 0.3 is 6.09 Å². The molecule has 1 aliphatic heterocycles. The Bertz CT molecular complexity index is 599. The molecule has 1 heterocycles. The van der Waals surface area contributed by atoms with E-state index >= 15 is 0 Å². The van der Waals surface area contributed by atoms with Crippen molar-refractivity contribution < 1.29 is 14.3 Å². The molecule has 2 amide bonds. The summed E-state index contributed by atoms with van der Waals surface area (Å²) in [6, 6.07) is 6.70. The highest BCUT2D eigenvalue weighted by molar-refractivity contribution is 6.32. The van der Waals surface area contributed by atoms with Crippen LogP contribution in [-0.2, 0) is 9.53 Å². The van der Waals surface area contributed by atoms with Gasteiger partial charge in [0.15, 0.2) is 0 Å². The van der Waals surface area contributed by atoms with E-state index in [-0.39, 0.29) is 11.5 Å². The summed E-state index contributed by atoms with van der Waals surface area (Å²) < 4.78 is 4.47. The lowest BCUT2D eigenvalue weighted by Crippen LogP contribution is -2.10. The lowest BCUT2D eigenvalue weighted by atomic mass is 10.1. The van der Waals surface area contributed by atoms with Crippen LogP contribution in [0.3, 0.4) is 0 Å². The van der Waals surface area contributed by atoms with Gasteiger partial charge < -0.3 is 10.1 Å². The fourth-order valence-corrected chi connectivity index (χ4v) is 1.64. The smallest absolute Gasteiger partial charge is 0.411 e. The molecule has 18 heavy (non-hydrogen) atoms. The molecule has 6 nitrogen and oxygen atoms in total. The molecule has 2 N–H and O–H groups in total. The number of benzene rings is 1. The van der Waals surface area contributed by atoms with E-state index in [4.69, 9.17) is 5.26 Å². The second-order valence-electron chi connectivity index (χ2n) is 3.52. The van der Waals surface area contributed by atoms with Crippen LogP contribution in [0.5, 0.6) is 0 Å². The number of allylic oxidation sites excluding steroid dienone is 1. The summed E-state index contributed by atoms with van der Waals surface area (Å²) in [6.07, 6.45) is 0.571. The molecular weight excluding hydrogens is 234 g/mol. The zero-order chi connectivity index (χ0) is 13.1. The molecule has 0 saturated carbocycles. The lowest BCUT2D eigenvalue weighted by Gasteiger charge is -2.05. The number of carbonyl (C=O) groups excluding carboxylic acids is 2. The van der Waals surface area contributed by atoms with Crippen LogP contribution < -0.4 is 10.6 Å². The molecule has 90 valence electrons. The highest BCUT2D eigenvalue weighted by Gasteiger charge is 2.24. The van der Waals surface area contributed by atoms with Gasteiger partial charge in [-0.05, 0) is 18.2 Å². The number of methoxy groups -OCH3 is 1. The van der Waals surface area contributed by atoms with Crippen LogP contribution in [0, 0.1) is 11.3 Å². The number of carbonyl (C=O) groups is 2. The Hall–Kier alpha value is -2.81. The van der Waals surface area contributed by atoms with E-state index in [1.165, 1.54) is 13.2 Å². The van der Waals surface area contributed by atoms with Crippen molar-refractivity contribution in [2.24, 2.45) is 0 Å². The summed E-state index contributed by atoms with van der Waals surface area (Å²) in [5.74, 6) is -0.332. The van der Waals surface area contributed by atoms with E-state index in [2.05, 4.69) is 15.4 Å². The minimum absolute atomic E-state index is 0.279. The zero-order valence-corrected chi connectivity index (χ0v) is 9.48. The van der Waals surface area contributed by atoms with Crippen molar-refractivity contribution in [1.82, 2.24) is 0 Å². The number of nitriles is 1. The Morgan fingerprint density at radius 1 is 1.56 bits per heavy atom. The zero-order valence-electron chi connectivity index (χ0n) is 9.48. The molecular formula is C12H9N3O3. The monoisotopic (exact) mass is 243 g/mol. The number of rotatable bonds is 1. The number of nitrogens with zero attached hydrogens (tertiary/aromatic N) is 1. The molecule has 0 saturated heterocycles. The third kappa shape index (κ3) is 2.01. The van der Waals surface area contributed by atoms with Gasteiger partial charge in [-0.1, -0.05) is 0 Å².